The van der Waals surface area contributed by atoms with Crippen molar-refractivity contribution in [2.45, 2.75) is 31.7 Å². The van der Waals surface area contributed by atoms with Gasteiger partial charge in [-0.25, -0.2) is 13.4 Å². The lowest BCUT2D eigenvalue weighted by molar-refractivity contribution is 0.427. The summed E-state index contributed by atoms with van der Waals surface area (Å²) in [6.45, 7) is 5.22. The first-order valence-electron chi connectivity index (χ1n) is 5.90. The number of oxazole rings is 1. The van der Waals surface area contributed by atoms with E-state index in [-0.39, 0.29) is 4.90 Å². The van der Waals surface area contributed by atoms with E-state index in [1.807, 2.05) is 0 Å². The van der Waals surface area contributed by atoms with Crippen LogP contribution in [0.5, 0.6) is 0 Å². The van der Waals surface area contributed by atoms with Gasteiger partial charge in [-0.15, -0.1) is 0 Å². The standard InChI is InChI=1S/C13H16N2O3S/c1-9-6-4-5-7-12(9)19(16,17)15-11(3)13-14-8-10(2)18-13/h4-8,11,15H,1-3H3. The van der Waals surface area contributed by atoms with Gasteiger partial charge in [0.2, 0.25) is 15.9 Å². The molecule has 0 saturated heterocycles. The van der Waals surface area contributed by atoms with Gasteiger partial charge in [-0.1, -0.05) is 18.2 Å². The lowest BCUT2D eigenvalue weighted by atomic mass is 10.2. The second-order valence-electron chi connectivity index (χ2n) is 4.42. The molecule has 1 unspecified atom stereocenters. The highest BCUT2D eigenvalue weighted by Crippen LogP contribution is 2.19. The van der Waals surface area contributed by atoms with E-state index < -0.39 is 16.1 Å². The molecule has 1 heterocycles. The number of hydrogen-bond donors (Lipinski definition) is 1. The third-order valence-electron chi connectivity index (χ3n) is 2.72. The molecular weight excluding hydrogens is 264 g/mol. The topological polar surface area (TPSA) is 72.2 Å². The van der Waals surface area contributed by atoms with Crippen molar-refractivity contribution in [1.29, 1.82) is 0 Å². The molecule has 1 aromatic heterocycles. The number of aryl methyl sites for hydroxylation is 2. The van der Waals surface area contributed by atoms with E-state index >= 15 is 0 Å². The van der Waals surface area contributed by atoms with Crippen LogP contribution in [-0.4, -0.2) is 13.4 Å². The molecule has 1 aromatic carbocycles. The molecule has 0 amide bonds. The molecule has 0 radical (unpaired) electrons. The van der Waals surface area contributed by atoms with Gasteiger partial charge < -0.3 is 4.42 Å². The van der Waals surface area contributed by atoms with Crippen LogP contribution >= 0.6 is 0 Å². The van der Waals surface area contributed by atoms with Crippen LogP contribution in [0.4, 0.5) is 0 Å². The molecule has 5 nitrogen and oxygen atoms in total. The van der Waals surface area contributed by atoms with Gasteiger partial charge in [-0.05, 0) is 32.4 Å². The van der Waals surface area contributed by atoms with Crippen molar-refractivity contribution in [3.8, 4) is 0 Å². The van der Waals surface area contributed by atoms with E-state index in [1.54, 1.807) is 51.2 Å². The van der Waals surface area contributed by atoms with Gasteiger partial charge in [0.25, 0.3) is 0 Å². The molecule has 0 aliphatic rings. The van der Waals surface area contributed by atoms with E-state index in [9.17, 15) is 8.42 Å². The SMILES string of the molecule is Cc1cnc(C(C)NS(=O)(=O)c2ccccc2C)o1. The molecule has 0 bridgehead atoms. The Kier molecular flexibility index (Phi) is 3.73. The molecule has 0 fully saturated rings. The average molecular weight is 280 g/mol. The van der Waals surface area contributed by atoms with Crippen LogP contribution in [0, 0.1) is 13.8 Å². The first-order valence-corrected chi connectivity index (χ1v) is 7.39. The van der Waals surface area contributed by atoms with Gasteiger partial charge in [0.1, 0.15) is 5.76 Å². The predicted octanol–water partition coefficient (Wildman–Crippen LogP) is 2.33. The van der Waals surface area contributed by atoms with Gasteiger partial charge in [0.15, 0.2) is 0 Å². The van der Waals surface area contributed by atoms with Gasteiger partial charge in [0, 0.05) is 0 Å². The molecule has 0 saturated carbocycles. The molecule has 1 N–H and O–H groups in total. The van der Waals surface area contributed by atoms with Crippen molar-refractivity contribution < 1.29 is 12.8 Å². The molecule has 0 spiro atoms. The number of hydrogen-bond acceptors (Lipinski definition) is 4. The van der Waals surface area contributed by atoms with Crippen LogP contribution in [0.25, 0.3) is 0 Å². The Balaban J connectivity index is 2.25. The second-order valence-corrected chi connectivity index (χ2v) is 6.10. The summed E-state index contributed by atoms with van der Waals surface area (Å²) in [6.07, 6.45) is 1.56. The molecule has 102 valence electrons. The zero-order valence-electron chi connectivity index (χ0n) is 11.0. The third-order valence-corrected chi connectivity index (χ3v) is 4.43. The minimum Gasteiger partial charge on any atom is -0.444 e. The summed E-state index contributed by atoms with van der Waals surface area (Å²) in [5.41, 5.74) is 0.700. The van der Waals surface area contributed by atoms with Crippen LogP contribution in [0.15, 0.2) is 39.8 Å². The van der Waals surface area contributed by atoms with Crippen molar-refractivity contribution in [3.63, 3.8) is 0 Å². The van der Waals surface area contributed by atoms with Crippen LogP contribution in [0.1, 0.15) is 30.2 Å². The number of sulfonamides is 1. The Labute approximate surface area is 112 Å². The quantitative estimate of drug-likeness (QED) is 0.933. The number of rotatable bonds is 4. The second kappa shape index (κ2) is 5.14. The smallest absolute Gasteiger partial charge is 0.241 e. The Morgan fingerprint density at radius 1 is 1.26 bits per heavy atom. The summed E-state index contributed by atoms with van der Waals surface area (Å²) in [6, 6.07) is 6.31. The molecular formula is C13H16N2O3S. The average Bonchev–Trinajstić information content (AvgIpc) is 2.76. The maximum absolute atomic E-state index is 12.3. The van der Waals surface area contributed by atoms with E-state index in [0.717, 1.165) is 0 Å². The number of nitrogens with one attached hydrogen (secondary N) is 1. The summed E-state index contributed by atoms with van der Waals surface area (Å²) in [7, 11) is -3.58. The first-order chi connectivity index (χ1) is 8.90. The van der Waals surface area contributed by atoms with E-state index in [4.69, 9.17) is 4.42 Å². The summed E-state index contributed by atoms with van der Waals surface area (Å²) in [5.74, 6) is 1.01. The summed E-state index contributed by atoms with van der Waals surface area (Å²) < 4.78 is 32.4. The maximum Gasteiger partial charge on any atom is 0.241 e. The minimum absolute atomic E-state index is 0.269. The van der Waals surface area contributed by atoms with E-state index in [1.165, 1.54) is 0 Å². The van der Waals surface area contributed by atoms with E-state index in [0.29, 0.717) is 17.2 Å². The Morgan fingerprint density at radius 3 is 2.53 bits per heavy atom. The molecule has 0 aliphatic carbocycles. The van der Waals surface area contributed by atoms with Gasteiger partial charge >= 0.3 is 0 Å². The fourth-order valence-electron chi connectivity index (χ4n) is 1.78. The van der Waals surface area contributed by atoms with Crippen molar-refractivity contribution >= 4 is 10.0 Å². The largest absolute Gasteiger partial charge is 0.444 e. The molecule has 2 rings (SSSR count). The zero-order valence-corrected chi connectivity index (χ0v) is 11.9. The van der Waals surface area contributed by atoms with Crippen molar-refractivity contribution in [3.05, 3.63) is 47.7 Å². The lowest BCUT2D eigenvalue weighted by Crippen LogP contribution is -2.27. The predicted molar refractivity (Wildman–Crippen MR) is 71.2 cm³/mol. The number of nitrogens with zero attached hydrogens (tertiary/aromatic N) is 1. The highest BCUT2D eigenvalue weighted by atomic mass is 32.2. The van der Waals surface area contributed by atoms with Crippen molar-refractivity contribution in [1.82, 2.24) is 9.71 Å². The third kappa shape index (κ3) is 3.02. The highest BCUT2D eigenvalue weighted by molar-refractivity contribution is 7.89. The van der Waals surface area contributed by atoms with Gasteiger partial charge in [-0.2, -0.15) is 4.72 Å². The Bertz CT molecular complexity index is 677. The van der Waals surface area contributed by atoms with Crippen molar-refractivity contribution in [2.75, 3.05) is 0 Å². The Hall–Kier alpha value is -1.66. The molecule has 0 aliphatic heterocycles. The first kappa shape index (κ1) is 13.8. The van der Waals surface area contributed by atoms with Gasteiger partial charge in [0.05, 0.1) is 17.1 Å². The van der Waals surface area contributed by atoms with Crippen LogP contribution in [0.2, 0.25) is 0 Å². The Morgan fingerprint density at radius 2 is 1.95 bits per heavy atom. The van der Waals surface area contributed by atoms with Gasteiger partial charge in [-0.3, -0.25) is 0 Å². The number of aromatic nitrogens is 1. The van der Waals surface area contributed by atoms with Crippen LogP contribution in [-0.2, 0) is 10.0 Å². The summed E-state index contributed by atoms with van der Waals surface area (Å²) in [5, 5.41) is 0. The molecule has 2 aromatic rings. The minimum atomic E-state index is -3.58. The fourth-order valence-corrected chi connectivity index (χ4v) is 3.22. The normalized spacial score (nSPS) is 13.4. The zero-order chi connectivity index (χ0) is 14.0. The fraction of sp³-hybridized carbons (Fsp3) is 0.308. The maximum atomic E-state index is 12.3. The molecule has 19 heavy (non-hydrogen) atoms. The monoisotopic (exact) mass is 280 g/mol. The van der Waals surface area contributed by atoms with Crippen molar-refractivity contribution in [2.24, 2.45) is 0 Å². The van der Waals surface area contributed by atoms with Crippen LogP contribution < -0.4 is 4.72 Å². The molecule has 6 heteroatoms. The highest BCUT2D eigenvalue weighted by Gasteiger charge is 2.22. The van der Waals surface area contributed by atoms with E-state index in [2.05, 4.69) is 9.71 Å². The summed E-state index contributed by atoms with van der Waals surface area (Å²) in [4.78, 5) is 4.29. The number of benzene rings is 1. The molecule has 1 atom stereocenters. The van der Waals surface area contributed by atoms with Crippen LogP contribution in [0.3, 0.4) is 0 Å². The summed E-state index contributed by atoms with van der Waals surface area (Å²) >= 11 is 0. The lowest BCUT2D eigenvalue weighted by Gasteiger charge is -2.12.